The Bertz CT molecular complexity index is 183. The van der Waals surface area contributed by atoms with Crippen LogP contribution in [0.5, 0.6) is 0 Å². The van der Waals surface area contributed by atoms with Crippen molar-refractivity contribution >= 4 is 0 Å². The predicted octanol–water partition coefficient (Wildman–Crippen LogP) is 2.12. The standard InChI is InChI=1S/C14H30N2O/c1-4-17-14-7-5-9-16(12-14)10-6-8-15-11-13(2)3/h13-15H,4-12H2,1-3H3. The van der Waals surface area contributed by atoms with Crippen LogP contribution in [0.15, 0.2) is 0 Å². The molecule has 1 unspecified atom stereocenters. The van der Waals surface area contributed by atoms with Gasteiger partial charge in [0, 0.05) is 13.2 Å². The van der Waals surface area contributed by atoms with Crippen LogP contribution in [0, 0.1) is 5.92 Å². The molecule has 0 aromatic rings. The summed E-state index contributed by atoms with van der Waals surface area (Å²) in [7, 11) is 0. The minimum absolute atomic E-state index is 0.484. The van der Waals surface area contributed by atoms with Gasteiger partial charge in [-0.2, -0.15) is 0 Å². The molecule has 3 heteroatoms. The van der Waals surface area contributed by atoms with Crippen LogP contribution in [-0.4, -0.2) is 50.3 Å². The number of ether oxygens (including phenoxy) is 1. The van der Waals surface area contributed by atoms with E-state index < -0.39 is 0 Å². The zero-order valence-corrected chi connectivity index (χ0v) is 11.9. The van der Waals surface area contributed by atoms with Crippen molar-refractivity contribution in [1.29, 1.82) is 0 Å². The molecule has 1 N–H and O–H groups in total. The number of likely N-dealkylation sites (tertiary alicyclic amines) is 1. The average Bonchev–Trinajstić information content (AvgIpc) is 2.29. The van der Waals surface area contributed by atoms with Gasteiger partial charge < -0.3 is 15.0 Å². The second-order valence-corrected chi connectivity index (χ2v) is 5.47. The predicted molar refractivity (Wildman–Crippen MR) is 73.4 cm³/mol. The normalized spacial score (nSPS) is 22.2. The van der Waals surface area contributed by atoms with E-state index >= 15 is 0 Å². The zero-order valence-electron chi connectivity index (χ0n) is 11.9. The van der Waals surface area contributed by atoms with Gasteiger partial charge in [-0.25, -0.2) is 0 Å². The summed E-state index contributed by atoms with van der Waals surface area (Å²) in [5.41, 5.74) is 0. The summed E-state index contributed by atoms with van der Waals surface area (Å²) in [4.78, 5) is 2.56. The summed E-state index contributed by atoms with van der Waals surface area (Å²) in [6.07, 6.45) is 4.28. The fraction of sp³-hybridized carbons (Fsp3) is 1.00. The van der Waals surface area contributed by atoms with Crippen molar-refractivity contribution < 1.29 is 4.74 Å². The molecule has 0 aromatic carbocycles. The van der Waals surface area contributed by atoms with Gasteiger partial charge in [-0.1, -0.05) is 13.8 Å². The summed E-state index contributed by atoms with van der Waals surface area (Å²) in [5, 5.41) is 3.50. The molecule has 0 aliphatic carbocycles. The molecule has 17 heavy (non-hydrogen) atoms. The molecule has 1 saturated heterocycles. The highest BCUT2D eigenvalue weighted by Gasteiger charge is 2.19. The quantitative estimate of drug-likeness (QED) is 0.660. The summed E-state index contributed by atoms with van der Waals surface area (Å²) in [6.45, 7) is 13.4. The van der Waals surface area contributed by atoms with Crippen molar-refractivity contribution in [3.63, 3.8) is 0 Å². The lowest BCUT2D eigenvalue weighted by Gasteiger charge is -2.32. The van der Waals surface area contributed by atoms with E-state index in [0.717, 1.165) is 32.2 Å². The first-order chi connectivity index (χ1) is 8.22. The summed E-state index contributed by atoms with van der Waals surface area (Å²) >= 11 is 0. The fourth-order valence-corrected chi connectivity index (χ4v) is 2.41. The van der Waals surface area contributed by atoms with Gasteiger partial charge in [-0.3, -0.25) is 0 Å². The molecule has 0 bridgehead atoms. The highest BCUT2D eigenvalue weighted by Crippen LogP contribution is 2.13. The summed E-state index contributed by atoms with van der Waals surface area (Å²) < 4.78 is 5.71. The third-order valence-electron chi connectivity index (χ3n) is 3.25. The van der Waals surface area contributed by atoms with Gasteiger partial charge in [-0.05, 0) is 58.3 Å². The van der Waals surface area contributed by atoms with E-state index in [1.54, 1.807) is 0 Å². The molecule has 1 aliphatic rings. The number of hydrogen-bond donors (Lipinski definition) is 1. The topological polar surface area (TPSA) is 24.5 Å². The molecule has 1 rings (SSSR count). The maximum Gasteiger partial charge on any atom is 0.0702 e. The maximum absolute atomic E-state index is 5.71. The Morgan fingerprint density at radius 1 is 1.41 bits per heavy atom. The van der Waals surface area contributed by atoms with Gasteiger partial charge in [0.15, 0.2) is 0 Å². The molecule has 0 spiro atoms. The monoisotopic (exact) mass is 242 g/mol. The van der Waals surface area contributed by atoms with E-state index in [1.807, 2.05) is 0 Å². The van der Waals surface area contributed by atoms with Gasteiger partial charge in [0.25, 0.3) is 0 Å². The largest absolute Gasteiger partial charge is 0.377 e. The van der Waals surface area contributed by atoms with Crippen molar-refractivity contribution in [2.75, 3.05) is 39.3 Å². The third-order valence-corrected chi connectivity index (χ3v) is 3.25. The van der Waals surface area contributed by atoms with E-state index in [9.17, 15) is 0 Å². The highest BCUT2D eigenvalue weighted by atomic mass is 16.5. The molecule has 1 atom stereocenters. The van der Waals surface area contributed by atoms with Gasteiger partial charge >= 0.3 is 0 Å². The van der Waals surface area contributed by atoms with Gasteiger partial charge in [0.05, 0.1) is 6.10 Å². The van der Waals surface area contributed by atoms with Crippen LogP contribution in [-0.2, 0) is 4.74 Å². The molecule has 0 aromatic heterocycles. The third kappa shape index (κ3) is 7.02. The molecule has 0 amide bonds. The zero-order chi connectivity index (χ0) is 12.5. The molecule has 3 nitrogen and oxygen atoms in total. The minimum Gasteiger partial charge on any atom is -0.377 e. The second kappa shape index (κ2) is 8.90. The second-order valence-electron chi connectivity index (χ2n) is 5.47. The molecule has 1 heterocycles. The SMILES string of the molecule is CCOC1CCCN(CCCNCC(C)C)C1. The molecular weight excluding hydrogens is 212 g/mol. The minimum atomic E-state index is 0.484. The van der Waals surface area contributed by atoms with Crippen LogP contribution < -0.4 is 5.32 Å². The Balaban J connectivity index is 2.02. The van der Waals surface area contributed by atoms with Crippen LogP contribution in [0.3, 0.4) is 0 Å². The Morgan fingerprint density at radius 2 is 2.24 bits per heavy atom. The van der Waals surface area contributed by atoms with Crippen molar-refractivity contribution in [3.05, 3.63) is 0 Å². The number of nitrogens with one attached hydrogen (secondary N) is 1. The molecule has 0 radical (unpaired) electrons. The first-order valence-corrected chi connectivity index (χ1v) is 7.27. The first kappa shape index (κ1) is 14.9. The smallest absolute Gasteiger partial charge is 0.0702 e. The van der Waals surface area contributed by atoms with Crippen LogP contribution in [0.25, 0.3) is 0 Å². The van der Waals surface area contributed by atoms with E-state index in [-0.39, 0.29) is 0 Å². The van der Waals surface area contributed by atoms with E-state index in [2.05, 4.69) is 31.0 Å². The summed E-state index contributed by atoms with van der Waals surface area (Å²) in [5.74, 6) is 0.757. The Labute approximate surface area is 107 Å². The molecular formula is C14H30N2O. The van der Waals surface area contributed by atoms with Gasteiger partial charge in [-0.15, -0.1) is 0 Å². The Morgan fingerprint density at radius 3 is 2.94 bits per heavy atom. The Hall–Kier alpha value is -0.120. The van der Waals surface area contributed by atoms with Crippen molar-refractivity contribution in [2.45, 2.75) is 46.1 Å². The van der Waals surface area contributed by atoms with Crippen LogP contribution in [0.1, 0.15) is 40.0 Å². The molecule has 1 aliphatic heterocycles. The number of hydrogen-bond acceptors (Lipinski definition) is 3. The number of rotatable bonds is 8. The van der Waals surface area contributed by atoms with Crippen molar-refractivity contribution in [1.82, 2.24) is 10.2 Å². The molecule has 102 valence electrons. The lowest BCUT2D eigenvalue weighted by molar-refractivity contribution is 0.00577. The number of nitrogens with zero attached hydrogens (tertiary/aromatic N) is 1. The van der Waals surface area contributed by atoms with E-state index in [0.29, 0.717) is 6.10 Å². The Kier molecular flexibility index (Phi) is 7.82. The summed E-state index contributed by atoms with van der Waals surface area (Å²) in [6, 6.07) is 0. The van der Waals surface area contributed by atoms with E-state index in [1.165, 1.54) is 32.4 Å². The first-order valence-electron chi connectivity index (χ1n) is 7.27. The fourth-order valence-electron chi connectivity index (χ4n) is 2.41. The lowest BCUT2D eigenvalue weighted by Crippen LogP contribution is -2.40. The lowest BCUT2D eigenvalue weighted by atomic mass is 10.1. The maximum atomic E-state index is 5.71. The van der Waals surface area contributed by atoms with Gasteiger partial charge in [0.1, 0.15) is 0 Å². The van der Waals surface area contributed by atoms with Crippen LogP contribution in [0.2, 0.25) is 0 Å². The average molecular weight is 242 g/mol. The highest BCUT2D eigenvalue weighted by molar-refractivity contribution is 4.73. The van der Waals surface area contributed by atoms with Crippen LogP contribution >= 0.6 is 0 Å². The number of piperidine rings is 1. The van der Waals surface area contributed by atoms with Gasteiger partial charge in [0.2, 0.25) is 0 Å². The van der Waals surface area contributed by atoms with Crippen molar-refractivity contribution in [2.24, 2.45) is 5.92 Å². The van der Waals surface area contributed by atoms with Crippen molar-refractivity contribution in [3.8, 4) is 0 Å². The van der Waals surface area contributed by atoms with Crippen LogP contribution in [0.4, 0.5) is 0 Å². The molecule has 1 fully saturated rings. The molecule has 0 saturated carbocycles. The van der Waals surface area contributed by atoms with E-state index in [4.69, 9.17) is 4.74 Å².